The van der Waals surface area contributed by atoms with Crippen LogP contribution in [0.15, 0.2) is 46.3 Å². The van der Waals surface area contributed by atoms with Gasteiger partial charge in [0.05, 0.1) is 11.6 Å². The third kappa shape index (κ3) is 2.64. The molecule has 5 nitrogen and oxygen atoms in total. The lowest BCUT2D eigenvalue weighted by atomic mass is 9.97. The van der Waals surface area contributed by atoms with Crippen LogP contribution >= 0.6 is 11.3 Å². The molecule has 1 aliphatic carbocycles. The van der Waals surface area contributed by atoms with E-state index in [1.165, 1.54) is 16.0 Å². The van der Waals surface area contributed by atoms with E-state index in [1.54, 1.807) is 30.5 Å². The summed E-state index contributed by atoms with van der Waals surface area (Å²) in [5.74, 6) is 0.683. The fourth-order valence-corrected chi connectivity index (χ4v) is 5.27. The number of benzene rings is 2. The van der Waals surface area contributed by atoms with Crippen molar-refractivity contribution >= 4 is 38.5 Å². The molecule has 0 saturated carbocycles. The van der Waals surface area contributed by atoms with Gasteiger partial charge in [-0.15, -0.1) is 11.3 Å². The Labute approximate surface area is 165 Å². The predicted molar refractivity (Wildman–Crippen MR) is 114 cm³/mol. The molecule has 2 aromatic carbocycles. The largest absolute Gasteiger partial charge is 0.507 e. The van der Waals surface area contributed by atoms with Crippen LogP contribution in [0.5, 0.6) is 5.75 Å². The van der Waals surface area contributed by atoms with Gasteiger partial charge in [-0.1, -0.05) is 30.3 Å². The molecule has 1 N–H and O–H groups in total. The topological polar surface area (TPSA) is 67.5 Å². The quantitative estimate of drug-likeness (QED) is 0.517. The highest BCUT2D eigenvalue weighted by atomic mass is 32.1. The lowest BCUT2D eigenvalue weighted by molar-refractivity contribution is 0.475. The van der Waals surface area contributed by atoms with E-state index in [2.05, 4.69) is 10.1 Å². The minimum absolute atomic E-state index is 0.127. The molecule has 6 heteroatoms. The Morgan fingerprint density at radius 1 is 1.18 bits per heavy atom. The first-order chi connectivity index (χ1) is 13.6. The van der Waals surface area contributed by atoms with Crippen molar-refractivity contribution in [3.8, 4) is 5.75 Å². The van der Waals surface area contributed by atoms with Gasteiger partial charge in [0.1, 0.15) is 16.4 Å². The molecule has 0 aliphatic heterocycles. The summed E-state index contributed by atoms with van der Waals surface area (Å²) >= 11 is 1.64. The van der Waals surface area contributed by atoms with Crippen LogP contribution in [-0.4, -0.2) is 21.0 Å². The zero-order valence-corrected chi connectivity index (χ0v) is 16.3. The molecule has 0 atom stereocenters. The number of phenolic OH excluding ortho intramolecular Hbond substituents is 1. The lowest BCUT2D eigenvalue weighted by Crippen LogP contribution is -2.21. The molecule has 0 radical (unpaired) electrons. The molecule has 2 heterocycles. The smallest absolute Gasteiger partial charge is 0.283 e. The van der Waals surface area contributed by atoms with Crippen molar-refractivity contribution in [1.82, 2.24) is 9.66 Å². The van der Waals surface area contributed by atoms with Gasteiger partial charge in [0.15, 0.2) is 0 Å². The third-order valence-corrected chi connectivity index (χ3v) is 6.56. The van der Waals surface area contributed by atoms with E-state index in [0.29, 0.717) is 16.8 Å². The van der Waals surface area contributed by atoms with Gasteiger partial charge in [0.2, 0.25) is 0 Å². The number of rotatable bonds is 2. The van der Waals surface area contributed by atoms with Gasteiger partial charge in [0, 0.05) is 10.4 Å². The van der Waals surface area contributed by atoms with Crippen LogP contribution in [0.1, 0.15) is 34.7 Å². The normalized spacial score (nSPS) is 14.2. The van der Waals surface area contributed by atoms with Crippen molar-refractivity contribution < 1.29 is 5.11 Å². The van der Waals surface area contributed by atoms with Crippen molar-refractivity contribution in [2.45, 2.75) is 32.6 Å². The minimum atomic E-state index is -0.127. The van der Waals surface area contributed by atoms with Crippen LogP contribution in [0.4, 0.5) is 0 Å². The van der Waals surface area contributed by atoms with Crippen LogP contribution in [-0.2, 0) is 12.8 Å². The molecule has 140 valence electrons. The molecule has 1 aliphatic rings. The minimum Gasteiger partial charge on any atom is -0.507 e. The molecule has 5 rings (SSSR count). The predicted octanol–water partition coefficient (Wildman–Crippen LogP) is 4.39. The van der Waals surface area contributed by atoms with Crippen molar-refractivity contribution in [3.05, 3.63) is 68.6 Å². The molecule has 4 aromatic rings. The zero-order chi connectivity index (χ0) is 19.3. The van der Waals surface area contributed by atoms with E-state index in [-0.39, 0.29) is 11.3 Å². The van der Waals surface area contributed by atoms with E-state index in [4.69, 9.17) is 0 Å². The molecule has 0 unspecified atom stereocenters. The summed E-state index contributed by atoms with van der Waals surface area (Å²) in [5, 5.41) is 17.4. The van der Waals surface area contributed by atoms with E-state index in [1.807, 2.05) is 30.3 Å². The Balaban J connectivity index is 1.69. The van der Waals surface area contributed by atoms with Gasteiger partial charge in [-0.25, -0.2) is 4.98 Å². The molecule has 0 fully saturated rings. The van der Waals surface area contributed by atoms with E-state index < -0.39 is 0 Å². The first-order valence-corrected chi connectivity index (χ1v) is 10.2. The SMILES string of the molecule is Cc1nc2sc3c(c2c(=O)n1N=Cc1c(O)ccc2ccccc12)CCCC3. The third-order valence-electron chi connectivity index (χ3n) is 5.38. The number of hydrogen-bond acceptors (Lipinski definition) is 5. The molecule has 2 aromatic heterocycles. The Morgan fingerprint density at radius 2 is 2.00 bits per heavy atom. The standard InChI is InChI=1S/C22H19N3O2S/c1-13-24-21-20(16-8-4-5-9-19(16)28-21)22(27)25(13)23-12-17-15-7-3-2-6-14(15)10-11-18(17)26/h2-3,6-7,10-12,26H,4-5,8-9H2,1H3. The average molecular weight is 389 g/mol. The average Bonchev–Trinajstić information content (AvgIpc) is 3.07. The van der Waals surface area contributed by atoms with Crippen molar-refractivity contribution in [2.75, 3.05) is 0 Å². The highest BCUT2D eigenvalue weighted by Gasteiger charge is 2.21. The molecule has 0 bridgehead atoms. The summed E-state index contributed by atoms with van der Waals surface area (Å²) in [5.41, 5.74) is 1.62. The van der Waals surface area contributed by atoms with Crippen LogP contribution < -0.4 is 5.56 Å². The number of nitrogens with zero attached hydrogens (tertiary/aromatic N) is 3. The number of thiophene rings is 1. The summed E-state index contributed by atoms with van der Waals surface area (Å²) in [4.78, 5) is 20.0. The van der Waals surface area contributed by atoms with Gasteiger partial charge >= 0.3 is 0 Å². The second-order valence-corrected chi connectivity index (χ2v) is 8.21. The summed E-state index contributed by atoms with van der Waals surface area (Å²) in [6.45, 7) is 1.79. The number of fused-ring (bicyclic) bond motifs is 4. The van der Waals surface area contributed by atoms with Crippen LogP contribution in [0.2, 0.25) is 0 Å². The fraction of sp³-hybridized carbons (Fsp3) is 0.227. The number of aromatic hydroxyl groups is 1. The number of hydrogen-bond donors (Lipinski definition) is 1. The highest BCUT2D eigenvalue weighted by molar-refractivity contribution is 7.18. The zero-order valence-electron chi connectivity index (χ0n) is 15.5. The summed E-state index contributed by atoms with van der Waals surface area (Å²) in [6, 6.07) is 11.3. The summed E-state index contributed by atoms with van der Waals surface area (Å²) in [6.07, 6.45) is 5.80. The molecule has 0 amide bonds. The van der Waals surface area contributed by atoms with Gasteiger partial charge in [0.25, 0.3) is 5.56 Å². The van der Waals surface area contributed by atoms with Gasteiger partial charge in [-0.2, -0.15) is 9.78 Å². The highest BCUT2D eigenvalue weighted by Crippen LogP contribution is 2.33. The van der Waals surface area contributed by atoms with Crippen molar-refractivity contribution in [3.63, 3.8) is 0 Å². The number of phenols is 1. The summed E-state index contributed by atoms with van der Waals surface area (Å²) in [7, 11) is 0. The Morgan fingerprint density at radius 3 is 2.89 bits per heavy atom. The maximum Gasteiger partial charge on any atom is 0.283 e. The number of aromatic nitrogens is 2. The Bertz CT molecular complexity index is 1320. The van der Waals surface area contributed by atoms with Crippen LogP contribution in [0.3, 0.4) is 0 Å². The molecule has 28 heavy (non-hydrogen) atoms. The monoisotopic (exact) mass is 389 g/mol. The summed E-state index contributed by atoms with van der Waals surface area (Å²) < 4.78 is 1.35. The van der Waals surface area contributed by atoms with Gasteiger partial charge in [-0.05, 0) is 55.0 Å². The Hall–Kier alpha value is -2.99. The van der Waals surface area contributed by atoms with Crippen LogP contribution in [0.25, 0.3) is 21.0 Å². The van der Waals surface area contributed by atoms with Gasteiger partial charge in [-0.3, -0.25) is 4.79 Å². The van der Waals surface area contributed by atoms with E-state index >= 15 is 0 Å². The first-order valence-electron chi connectivity index (χ1n) is 9.42. The molecular formula is C22H19N3O2S. The van der Waals surface area contributed by atoms with Crippen molar-refractivity contribution in [1.29, 1.82) is 0 Å². The maximum absolute atomic E-state index is 13.2. The fourth-order valence-electron chi connectivity index (χ4n) is 3.97. The van der Waals surface area contributed by atoms with Gasteiger partial charge < -0.3 is 5.11 Å². The lowest BCUT2D eigenvalue weighted by Gasteiger charge is -2.10. The maximum atomic E-state index is 13.2. The molecule has 0 saturated heterocycles. The molecule has 0 spiro atoms. The first kappa shape index (κ1) is 17.1. The molecular weight excluding hydrogens is 370 g/mol. The van der Waals surface area contributed by atoms with Crippen molar-refractivity contribution in [2.24, 2.45) is 5.10 Å². The Kier molecular flexibility index (Phi) is 4.02. The second-order valence-electron chi connectivity index (χ2n) is 7.13. The van der Waals surface area contributed by atoms with E-state index in [9.17, 15) is 9.90 Å². The second kappa shape index (κ2) is 6.56. The number of aryl methyl sites for hydroxylation is 3. The van der Waals surface area contributed by atoms with Crippen LogP contribution in [0, 0.1) is 6.92 Å². The van der Waals surface area contributed by atoms with E-state index in [0.717, 1.165) is 40.4 Å².